The predicted molar refractivity (Wildman–Crippen MR) is 65.5 cm³/mol. The minimum atomic E-state index is -0.184. The van der Waals surface area contributed by atoms with Gasteiger partial charge < -0.3 is 14.3 Å². The summed E-state index contributed by atoms with van der Waals surface area (Å²) in [5.41, 5.74) is 0.486. The fourth-order valence-electron chi connectivity index (χ4n) is 1.51. The summed E-state index contributed by atoms with van der Waals surface area (Å²) in [6.07, 6.45) is 5.07. The van der Waals surface area contributed by atoms with E-state index in [0.717, 1.165) is 12.4 Å². The van der Waals surface area contributed by atoms with E-state index in [2.05, 4.69) is 26.2 Å². The zero-order chi connectivity index (χ0) is 12.3. The number of amides is 1. The summed E-state index contributed by atoms with van der Waals surface area (Å²) < 4.78 is 7.42. The average Bonchev–Trinajstić information content (AvgIpc) is 2.94. The van der Waals surface area contributed by atoms with Gasteiger partial charge in [-0.05, 0) is 28.9 Å². The van der Waals surface area contributed by atoms with Crippen LogP contribution in [0.4, 0.5) is 0 Å². The van der Waals surface area contributed by atoms with Crippen molar-refractivity contribution < 1.29 is 9.21 Å². The third-order valence-electron chi connectivity index (χ3n) is 2.41. The van der Waals surface area contributed by atoms with Crippen molar-refractivity contribution in [3.8, 4) is 0 Å². The van der Waals surface area contributed by atoms with E-state index in [1.54, 1.807) is 12.3 Å². The Morgan fingerprint density at radius 2 is 2.47 bits per heavy atom. The molecule has 6 heteroatoms. The first-order valence-electron chi connectivity index (χ1n) is 5.23. The third-order valence-corrected chi connectivity index (χ3v) is 3.03. The van der Waals surface area contributed by atoms with Gasteiger partial charge in [-0.15, -0.1) is 0 Å². The maximum atomic E-state index is 11.8. The number of aryl methyl sites for hydroxylation is 1. The lowest BCUT2D eigenvalue weighted by atomic mass is 10.3. The molecule has 0 aliphatic carbocycles. The van der Waals surface area contributed by atoms with Crippen LogP contribution < -0.4 is 5.32 Å². The van der Waals surface area contributed by atoms with Crippen molar-refractivity contribution in [3.05, 3.63) is 40.8 Å². The molecule has 0 saturated heterocycles. The van der Waals surface area contributed by atoms with Crippen molar-refractivity contribution in [3.63, 3.8) is 0 Å². The molecule has 0 aliphatic rings. The fourth-order valence-corrected chi connectivity index (χ4v) is 1.93. The molecular weight excluding hydrogens is 286 g/mol. The van der Waals surface area contributed by atoms with Gasteiger partial charge in [0.2, 0.25) is 0 Å². The number of hydrogen-bond donors (Lipinski definition) is 1. The lowest BCUT2D eigenvalue weighted by molar-refractivity contribution is 0.0948. The van der Waals surface area contributed by atoms with Crippen molar-refractivity contribution in [2.75, 3.05) is 0 Å². The number of aromatic nitrogens is 2. The maximum Gasteiger partial charge on any atom is 0.256 e. The molecule has 0 atom stereocenters. The van der Waals surface area contributed by atoms with E-state index < -0.39 is 0 Å². The minimum absolute atomic E-state index is 0.184. The summed E-state index contributed by atoms with van der Waals surface area (Å²) in [5, 5.41) is 2.79. The number of nitrogens with one attached hydrogen (secondary N) is 1. The number of hydrogen-bond acceptors (Lipinski definition) is 3. The summed E-state index contributed by atoms with van der Waals surface area (Å²) in [6, 6.07) is 1.62. The van der Waals surface area contributed by atoms with Gasteiger partial charge in [-0.1, -0.05) is 0 Å². The molecule has 2 aromatic rings. The molecular formula is C11H12BrN3O2. The van der Waals surface area contributed by atoms with Crippen LogP contribution in [0.25, 0.3) is 0 Å². The van der Waals surface area contributed by atoms with Crippen molar-refractivity contribution in [1.82, 2.24) is 14.9 Å². The number of carbonyl (C=O) groups is 1. The molecule has 2 heterocycles. The topological polar surface area (TPSA) is 60.1 Å². The number of furan rings is 1. The van der Waals surface area contributed by atoms with Crippen LogP contribution in [0.1, 0.15) is 23.1 Å². The van der Waals surface area contributed by atoms with E-state index in [1.165, 1.54) is 6.26 Å². The molecule has 0 unspecified atom stereocenters. The van der Waals surface area contributed by atoms with E-state index in [1.807, 2.05) is 17.7 Å². The van der Waals surface area contributed by atoms with E-state index in [9.17, 15) is 4.79 Å². The highest BCUT2D eigenvalue weighted by Gasteiger charge is 2.12. The number of halogens is 1. The van der Waals surface area contributed by atoms with Gasteiger partial charge in [-0.2, -0.15) is 0 Å². The normalized spacial score (nSPS) is 10.5. The van der Waals surface area contributed by atoms with Crippen LogP contribution in [0.5, 0.6) is 0 Å². The number of rotatable bonds is 4. The number of nitrogens with zero attached hydrogens (tertiary/aromatic N) is 2. The SMILES string of the molecule is CCn1ccnc1CNC(=O)c1ccoc1Br. The molecule has 0 bridgehead atoms. The quantitative estimate of drug-likeness (QED) is 0.941. The predicted octanol–water partition coefficient (Wildman–Crippen LogP) is 2.19. The van der Waals surface area contributed by atoms with Crippen LogP contribution in [-0.2, 0) is 13.1 Å². The fraction of sp³-hybridized carbons (Fsp3) is 0.273. The minimum Gasteiger partial charge on any atom is -0.457 e. The van der Waals surface area contributed by atoms with Crippen LogP contribution in [-0.4, -0.2) is 15.5 Å². The molecule has 90 valence electrons. The van der Waals surface area contributed by atoms with Crippen LogP contribution in [0.2, 0.25) is 0 Å². The van der Waals surface area contributed by atoms with E-state index >= 15 is 0 Å². The molecule has 0 spiro atoms. The highest BCUT2D eigenvalue weighted by molar-refractivity contribution is 9.10. The zero-order valence-electron chi connectivity index (χ0n) is 9.31. The summed E-state index contributed by atoms with van der Waals surface area (Å²) in [4.78, 5) is 16.0. The molecule has 0 saturated carbocycles. The molecule has 0 fully saturated rings. The van der Waals surface area contributed by atoms with Gasteiger partial charge in [0, 0.05) is 18.9 Å². The molecule has 1 N–H and O–H groups in total. The van der Waals surface area contributed by atoms with Gasteiger partial charge in [0.05, 0.1) is 18.4 Å². The van der Waals surface area contributed by atoms with Crippen LogP contribution >= 0.6 is 15.9 Å². The molecule has 0 radical (unpaired) electrons. The number of imidazole rings is 1. The van der Waals surface area contributed by atoms with Gasteiger partial charge in [0.1, 0.15) is 5.82 Å². The zero-order valence-corrected chi connectivity index (χ0v) is 10.9. The second-order valence-electron chi connectivity index (χ2n) is 3.42. The Morgan fingerprint density at radius 3 is 3.12 bits per heavy atom. The first-order chi connectivity index (χ1) is 8.22. The van der Waals surface area contributed by atoms with Gasteiger partial charge in [-0.25, -0.2) is 4.98 Å². The van der Waals surface area contributed by atoms with E-state index in [-0.39, 0.29) is 5.91 Å². The van der Waals surface area contributed by atoms with E-state index in [0.29, 0.717) is 16.8 Å². The number of carbonyl (C=O) groups excluding carboxylic acids is 1. The molecule has 2 aromatic heterocycles. The summed E-state index contributed by atoms with van der Waals surface area (Å²) in [7, 11) is 0. The van der Waals surface area contributed by atoms with Crippen molar-refractivity contribution in [2.24, 2.45) is 0 Å². The first kappa shape index (κ1) is 11.9. The van der Waals surface area contributed by atoms with Crippen molar-refractivity contribution in [2.45, 2.75) is 20.0 Å². The smallest absolute Gasteiger partial charge is 0.256 e. The van der Waals surface area contributed by atoms with Gasteiger partial charge in [0.15, 0.2) is 4.67 Å². The Labute approximate surface area is 107 Å². The highest BCUT2D eigenvalue weighted by Crippen LogP contribution is 2.17. The lowest BCUT2D eigenvalue weighted by Gasteiger charge is -2.06. The molecule has 2 rings (SSSR count). The summed E-state index contributed by atoms with van der Waals surface area (Å²) in [5.74, 6) is 0.650. The molecule has 17 heavy (non-hydrogen) atoms. The molecule has 1 amide bonds. The molecule has 0 aromatic carbocycles. The lowest BCUT2D eigenvalue weighted by Crippen LogP contribution is -2.24. The van der Waals surface area contributed by atoms with Gasteiger partial charge in [0.25, 0.3) is 5.91 Å². The average molecular weight is 298 g/mol. The second-order valence-corrected chi connectivity index (χ2v) is 4.14. The van der Waals surface area contributed by atoms with Crippen LogP contribution in [0.15, 0.2) is 33.8 Å². The Balaban J connectivity index is 1.99. The molecule has 5 nitrogen and oxygen atoms in total. The van der Waals surface area contributed by atoms with Crippen LogP contribution in [0.3, 0.4) is 0 Å². The van der Waals surface area contributed by atoms with Gasteiger partial charge >= 0.3 is 0 Å². The van der Waals surface area contributed by atoms with Crippen LogP contribution in [0, 0.1) is 0 Å². The van der Waals surface area contributed by atoms with Crippen molar-refractivity contribution >= 4 is 21.8 Å². The largest absolute Gasteiger partial charge is 0.457 e. The summed E-state index contributed by atoms with van der Waals surface area (Å²) >= 11 is 3.17. The Hall–Kier alpha value is -1.56. The third kappa shape index (κ3) is 2.58. The summed E-state index contributed by atoms with van der Waals surface area (Å²) in [6.45, 7) is 3.26. The first-order valence-corrected chi connectivity index (χ1v) is 6.03. The Bertz CT molecular complexity index is 518. The van der Waals surface area contributed by atoms with Gasteiger partial charge in [-0.3, -0.25) is 4.79 Å². The van der Waals surface area contributed by atoms with Crippen molar-refractivity contribution in [1.29, 1.82) is 0 Å². The highest BCUT2D eigenvalue weighted by atomic mass is 79.9. The van der Waals surface area contributed by atoms with E-state index in [4.69, 9.17) is 4.42 Å². The monoisotopic (exact) mass is 297 g/mol. The maximum absolute atomic E-state index is 11.8. The second kappa shape index (κ2) is 5.18. The Kier molecular flexibility index (Phi) is 3.63. The standard InChI is InChI=1S/C11H12BrN3O2/c1-2-15-5-4-13-9(15)7-14-11(16)8-3-6-17-10(8)12/h3-6H,2,7H2,1H3,(H,14,16). The molecule has 0 aliphatic heterocycles. The Morgan fingerprint density at radius 1 is 1.65 bits per heavy atom.